The molecule has 0 bridgehead atoms. The molecule has 21 heavy (non-hydrogen) atoms. The molecule has 0 saturated carbocycles. The predicted molar refractivity (Wildman–Crippen MR) is 88.6 cm³/mol. The van der Waals surface area contributed by atoms with Gasteiger partial charge in [0.1, 0.15) is 6.61 Å². The van der Waals surface area contributed by atoms with Crippen LogP contribution in [0, 0.1) is 5.92 Å². The highest BCUT2D eigenvalue weighted by Gasteiger charge is 2.22. The van der Waals surface area contributed by atoms with Gasteiger partial charge in [0.2, 0.25) is 0 Å². The van der Waals surface area contributed by atoms with Crippen molar-refractivity contribution in [2.75, 3.05) is 40.1 Å². The van der Waals surface area contributed by atoms with E-state index in [1.807, 2.05) is 27.7 Å². The molecule has 0 aromatic heterocycles. The number of allylic oxidation sites excluding steroid dienone is 1. The Balaban J connectivity index is 0. The zero-order valence-corrected chi connectivity index (χ0v) is 14.9. The van der Waals surface area contributed by atoms with Crippen molar-refractivity contribution >= 4 is 0 Å². The van der Waals surface area contributed by atoms with Gasteiger partial charge >= 0.3 is 0 Å². The molecule has 1 saturated heterocycles. The fraction of sp³-hybridized carbons (Fsp3) is 0.882. The van der Waals surface area contributed by atoms with Gasteiger partial charge < -0.3 is 18.9 Å². The number of methoxy groups -OCH3 is 1. The zero-order chi connectivity index (χ0) is 16.5. The zero-order valence-electron chi connectivity index (χ0n) is 14.9. The van der Waals surface area contributed by atoms with Gasteiger partial charge in [0.25, 0.3) is 0 Å². The third-order valence-electron chi connectivity index (χ3n) is 2.89. The smallest absolute Gasteiger partial charge is 0.111 e. The standard InChI is InChI=1S/C13H24O4.2C2H6/c1-11-10-13(4-5-16-11)12(2)17-9-8-15-7-6-14-3;2*1-2/h11,13H,2,4-10H2,1,3H3;2*1-2H3. The van der Waals surface area contributed by atoms with Crippen molar-refractivity contribution < 1.29 is 18.9 Å². The second kappa shape index (κ2) is 17.5. The van der Waals surface area contributed by atoms with Crippen LogP contribution in [0.25, 0.3) is 0 Å². The molecule has 1 aliphatic heterocycles. The van der Waals surface area contributed by atoms with E-state index < -0.39 is 0 Å². The van der Waals surface area contributed by atoms with Crippen LogP contribution in [0.2, 0.25) is 0 Å². The maximum absolute atomic E-state index is 5.59. The van der Waals surface area contributed by atoms with Crippen molar-refractivity contribution in [3.63, 3.8) is 0 Å². The Morgan fingerprint density at radius 1 is 1.10 bits per heavy atom. The number of hydrogen-bond acceptors (Lipinski definition) is 4. The molecular formula is C17H36O4. The monoisotopic (exact) mass is 304 g/mol. The Morgan fingerprint density at radius 2 is 1.71 bits per heavy atom. The van der Waals surface area contributed by atoms with Gasteiger partial charge in [0, 0.05) is 19.6 Å². The summed E-state index contributed by atoms with van der Waals surface area (Å²) in [5.41, 5.74) is 0. The summed E-state index contributed by atoms with van der Waals surface area (Å²) in [6.07, 6.45) is 2.32. The number of hydrogen-bond donors (Lipinski definition) is 0. The van der Waals surface area contributed by atoms with Crippen molar-refractivity contribution in [2.24, 2.45) is 5.92 Å². The highest BCUT2D eigenvalue weighted by Crippen LogP contribution is 2.26. The van der Waals surface area contributed by atoms with Gasteiger partial charge in [0.15, 0.2) is 0 Å². The maximum atomic E-state index is 5.59. The van der Waals surface area contributed by atoms with Crippen LogP contribution >= 0.6 is 0 Å². The van der Waals surface area contributed by atoms with E-state index in [0.717, 1.165) is 25.2 Å². The van der Waals surface area contributed by atoms with Crippen LogP contribution in [0.4, 0.5) is 0 Å². The SMILES string of the molecule is C=C(OCCOCCOC)C1CCOC(C)C1.CC.CC. The fourth-order valence-electron chi connectivity index (χ4n) is 1.88. The maximum Gasteiger partial charge on any atom is 0.111 e. The molecule has 1 aliphatic rings. The minimum atomic E-state index is 0.312. The van der Waals surface area contributed by atoms with Gasteiger partial charge in [-0.3, -0.25) is 0 Å². The summed E-state index contributed by atoms with van der Waals surface area (Å²) in [6.45, 7) is 17.3. The van der Waals surface area contributed by atoms with Gasteiger partial charge in [-0.2, -0.15) is 0 Å². The van der Waals surface area contributed by atoms with E-state index in [1.165, 1.54) is 0 Å². The second-order valence-corrected chi connectivity index (χ2v) is 4.32. The van der Waals surface area contributed by atoms with Crippen molar-refractivity contribution in [3.8, 4) is 0 Å². The van der Waals surface area contributed by atoms with E-state index in [-0.39, 0.29) is 0 Å². The van der Waals surface area contributed by atoms with Crippen molar-refractivity contribution in [1.82, 2.24) is 0 Å². The summed E-state index contributed by atoms with van der Waals surface area (Å²) >= 11 is 0. The second-order valence-electron chi connectivity index (χ2n) is 4.32. The molecule has 0 aromatic rings. The normalized spacial score (nSPS) is 20.5. The van der Waals surface area contributed by atoms with Crippen LogP contribution in [0.15, 0.2) is 12.3 Å². The summed E-state index contributed by atoms with van der Waals surface area (Å²) < 4.78 is 21.3. The van der Waals surface area contributed by atoms with Gasteiger partial charge in [-0.25, -0.2) is 0 Å². The predicted octanol–water partition coefficient (Wildman–Crippen LogP) is 4.05. The first-order valence-corrected chi connectivity index (χ1v) is 8.24. The van der Waals surface area contributed by atoms with Crippen LogP contribution < -0.4 is 0 Å². The van der Waals surface area contributed by atoms with Gasteiger partial charge in [-0.1, -0.05) is 34.3 Å². The van der Waals surface area contributed by atoms with E-state index in [0.29, 0.717) is 38.4 Å². The van der Waals surface area contributed by atoms with Crippen LogP contribution in [0.1, 0.15) is 47.5 Å². The molecule has 0 spiro atoms. The van der Waals surface area contributed by atoms with E-state index in [2.05, 4.69) is 13.5 Å². The molecule has 0 N–H and O–H groups in total. The third-order valence-corrected chi connectivity index (χ3v) is 2.89. The Labute approximate surface area is 131 Å². The lowest BCUT2D eigenvalue weighted by atomic mass is 9.95. The summed E-state index contributed by atoms with van der Waals surface area (Å²) in [4.78, 5) is 0. The van der Waals surface area contributed by atoms with Crippen LogP contribution in [0.3, 0.4) is 0 Å². The first kappa shape index (κ1) is 22.7. The molecule has 1 heterocycles. The van der Waals surface area contributed by atoms with E-state index >= 15 is 0 Å². The van der Waals surface area contributed by atoms with Gasteiger partial charge in [-0.05, 0) is 19.8 Å². The average Bonchev–Trinajstić information content (AvgIpc) is 2.54. The van der Waals surface area contributed by atoms with E-state index in [9.17, 15) is 0 Å². The molecule has 1 fully saturated rings. The molecule has 1 rings (SSSR count). The molecule has 0 aliphatic carbocycles. The minimum Gasteiger partial charge on any atom is -0.496 e. The summed E-state index contributed by atoms with van der Waals surface area (Å²) in [7, 11) is 1.66. The third kappa shape index (κ3) is 12.8. The van der Waals surface area contributed by atoms with Crippen LogP contribution in [-0.2, 0) is 18.9 Å². The largest absolute Gasteiger partial charge is 0.496 e. The Hall–Kier alpha value is -0.580. The minimum absolute atomic E-state index is 0.312. The molecule has 0 radical (unpaired) electrons. The Bertz CT molecular complexity index is 219. The summed E-state index contributed by atoms with van der Waals surface area (Å²) in [5.74, 6) is 1.30. The Kier molecular flexibility index (Phi) is 18.9. The summed E-state index contributed by atoms with van der Waals surface area (Å²) in [6, 6.07) is 0. The fourth-order valence-corrected chi connectivity index (χ4v) is 1.88. The van der Waals surface area contributed by atoms with Crippen molar-refractivity contribution in [1.29, 1.82) is 0 Å². The highest BCUT2D eigenvalue weighted by molar-refractivity contribution is 4.93. The number of ether oxygens (including phenoxy) is 4. The topological polar surface area (TPSA) is 36.9 Å². The molecule has 0 aromatic carbocycles. The average molecular weight is 304 g/mol. The van der Waals surface area contributed by atoms with Crippen molar-refractivity contribution in [3.05, 3.63) is 12.3 Å². The Morgan fingerprint density at radius 3 is 2.29 bits per heavy atom. The molecule has 4 nitrogen and oxygen atoms in total. The molecule has 0 amide bonds. The van der Waals surface area contributed by atoms with E-state index in [4.69, 9.17) is 18.9 Å². The quantitative estimate of drug-likeness (QED) is 0.501. The lowest BCUT2D eigenvalue weighted by Crippen LogP contribution is -2.25. The molecule has 4 heteroatoms. The lowest BCUT2D eigenvalue weighted by Gasteiger charge is -2.28. The van der Waals surface area contributed by atoms with E-state index in [1.54, 1.807) is 7.11 Å². The molecule has 2 unspecified atom stereocenters. The van der Waals surface area contributed by atoms with Crippen LogP contribution in [-0.4, -0.2) is 46.2 Å². The number of rotatable bonds is 8. The first-order valence-electron chi connectivity index (χ1n) is 8.24. The van der Waals surface area contributed by atoms with Crippen molar-refractivity contribution in [2.45, 2.75) is 53.6 Å². The molecule has 2 atom stereocenters. The van der Waals surface area contributed by atoms with Crippen LogP contribution in [0.5, 0.6) is 0 Å². The first-order chi connectivity index (χ1) is 10.2. The van der Waals surface area contributed by atoms with Gasteiger partial charge in [-0.15, -0.1) is 0 Å². The summed E-state index contributed by atoms with van der Waals surface area (Å²) in [5, 5.41) is 0. The lowest BCUT2D eigenvalue weighted by molar-refractivity contribution is -0.00958. The highest BCUT2D eigenvalue weighted by atomic mass is 16.5. The van der Waals surface area contributed by atoms with Gasteiger partial charge in [0.05, 0.1) is 31.7 Å². The molecule has 128 valence electrons. The molecular weight excluding hydrogens is 268 g/mol.